The van der Waals surface area contributed by atoms with Crippen molar-refractivity contribution in [3.63, 3.8) is 0 Å². The second-order valence-corrected chi connectivity index (χ2v) is 5.86. The Morgan fingerprint density at radius 3 is 3.00 bits per heavy atom. The maximum atomic E-state index is 9.36. The van der Waals surface area contributed by atoms with Gasteiger partial charge in [0.05, 0.1) is 17.8 Å². The van der Waals surface area contributed by atoms with Gasteiger partial charge in [0.25, 0.3) is 0 Å². The molecule has 0 spiro atoms. The predicted octanol–water partition coefficient (Wildman–Crippen LogP) is 3.33. The van der Waals surface area contributed by atoms with Crippen molar-refractivity contribution in [1.29, 1.82) is 0 Å². The van der Waals surface area contributed by atoms with E-state index in [0.717, 1.165) is 15.6 Å². The van der Waals surface area contributed by atoms with Crippen molar-refractivity contribution in [3.05, 3.63) is 57.5 Å². The zero-order valence-corrected chi connectivity index (χ0v) is 12.5. The van der Waals surface area contributed by atoms with Gasteiger partial charge in [-0.1, -0.05) is 22.9 Å². The van der Waals surface area contributed by atoms with E-state index in [4.69, 9.17) is 16.3 Å². The molecule has 0 aliphatic carbocycles. The molecule has 0 fully saturated rings. The van der Waals surface area contributed by atoms with Gasteiger partial charge in [-0.05, 0) is 18.2 Å². The molecule has 0 amide bonds. The van der Waals surface area contributed by atoms with E-state index < -0.39 is 0 Å². The number of phenols is 1. The van der Waals surface area contributed by atoms with Gasteiger partial charge in [-0.2, -0.15) is 0 Å². The maximum absolute atomic E-state index is 9.36. The first-order chi connectivity index (χ1) is 10.2. The number of phenolic OH excluding ortho intramolecular Hbond substituents is 1. The van der Waals surface area contributed by atoms with E-state index in [2.05, 4.69) is 10.3 Å². The standard InChI is InChI=1S/C14H12ClN3O2S/c15-10-4-14(21-9-10)7-18-6-11(16-17-18)8-20-13-3-1-2-12(19)5-13/h1-6,9,19H,7-8H2. The van der Waals surface area contributed by atoms with Crippen LogP contribution in [0.1, 0.15) is 10.6 Å². The number of aromatic nitrogens is 3. The van der Waals surface area contributed by atoms with Crippen LogP contribution in [-0.2, 0) is 13.2 Å². The molecule has 0 saturated carbocycles. The van der Waals surface area contributed by atoms with Crippen LogP contribution >= 0.6 is 22.9 Å². The summed E-state index contributed by atoms with van der Waals surface area (Å²) in [6.07, 6.45) is 1.83. The monoisotopic (exact) mass is 321 g/mol. The highest BCUT2D eigenvalue weighted by atomic mass is 35.5. The third-order valence-corrected chi connectivity index (χ3v) is 4.00. The zero-order valence-electron chi connectivity index (χ0n) is 10.9. The van der Waals surface area contributed by atoms with Crippen LogP contribution in [0, 0.1) is 0 Å². The second-order valence-electron chi connectivity index (χ2n) is 4.42. The van der Waals surface area contributed by atoms with Crippen LogP contribution in [0.3, 0.4) is 0 Å². The molecule has 1 aromatic carbocycles. The summed E-state index contributed by atoms with van der Waals surface area (Å²) in [5.74, 6) is 0.764. The van der Waals surface area contributed by atoms with Gasteiger partial charge in [-0.25, -0.2) is 4.68 Å². The lowest BCUT2D eigenvalue weighted by molar-refractivity contribution is 0.299. The molecule has 3 rings (SSSR count). The highest BCUT2D eigenvalue weighted by Crippen LogP contribution is 2.20. The maximum Gasteiger partial charge on any atom is 0.134 e. The predicted molar refractivity (Wildman–Crippen MR) is 80.9 cm³/mol. The Labute approximate surface area is 130 Å². The molecule has 2 aromatic heterocycles. The van der Waals surface area contributed by atoms with E-state index in [0.29, 0.717) is 18.9 Å². The van der Waals surface area contributed by atoms with Crippen LogP contribution in [-0.4, -0.2) is 20.1 Å². The fraction of sp³-hybridized carbons (Fsp3) is 0.143. The molecular formula is C14H12ClN3O2S. The summed E-state index contributed by atoms with van der Waals surface area (Å²) in [6.45, 7) is 0.936. The first-order valence-corrected chi connectivity index (χ1v) is 7.48. The van der Waals surface area contributed by atoms with Crippen molar-refractivity contribution in [2.75, 3.05) is 0 Å². The van der Waals surface area contributed by atoms with Crippen LogP contribution in [0.2, 0.25) is 5.02 Å². The highest BCUT2D eigenvalue weighted by Gasteiger charge is 2.05. The summed E-state index contributed by atoms with van der Waals surface area (Å²) < 4.78 is 7.29. The Bertz CT molecular complexity index is 741. The molecule has 108 valence electrons. The average Bonchev–Trinajstić information content (AvgIpc) is 3.06. The van der Waals surface area contributed by atoms with Gasteiger partial charge in [-0.3, -0.25) is 0 Å². The topological polar surface area (TPSA) is 60.2 Å². The molecular weight excluding hydrogens is 310 g/mol. The van der Waals surface area contributed by atoms with E-state index in [1.807, 2.05) is 17.6 Å². The van der Waals surface area contributed by atoms with Crippen LogP contribution in [0.5, 0.6) is 11.5 Å². The molecule has 0 bridgehead atoms. The third-order valence-electron chi connectivity index (χ3n) is 2.73. The number of nitrogens with zero attached hydrogens (tertiary/aromatic N) is 3. The molecule has 0 radical (unpaired) electrons. The average molecular weight is 322 g/mol. The Morgan fingerprint density at radius 1 is 1.33 bits per heavy atom. The molecule has 7 heteroatoms. The van der Waals surface area contributed by atoms with Crippen LogP contribution < -0.4 is 4.74 Å². The van der Waals surface area contributed by atoms with E-state index in [1.54, 1.807) is 40.3 Å². The molecule has 0 saturated heterocycles. The van der Waals surface area contributed by atoms with Crippen molar-refractivity contribution in [2.45, 2.75) is 13.2 Å². The minimum Gasteiger partial charge on any atom is -0.508 e. The van der Waals surface area contributed by atoms with Crippen molar-refractivity contribution in [3.8, 4) is 11.5 Å². The minimum absolute atomic E-state index is 0.172. The second kappa shape index (κ2) is 6.15. The van der Waals surface area contributed by atoms with E-state index >= 15 is 0 Å². The number of hydrogen-bond donors (Lipinski definition) is 1. The lowest BCUT2D eigenvalue weighted by Crippen LogP contribution is -1.98. The fourth-order valence-electron chi connectivity index (χ4n) is 1.81. The number of hydrogen-bond acceptors (Lipinski definition) is 5. The Hall–Kier alpha value is -2.05. The summed E-state index contributed by atoms with van der Waals surface area (Å²) in [5, 5.41) is 20.1. The van der Waals surface area contributed by atoms with Crippen molar-refractivity contribution in [2.24, 2.45) is 0 Å². The summed E-state index contributed by atoms with van der Waals surface area (Å²) in [7, 11) is 0. The van der Waals surface area contributed by atoms with Crippen LogP contribution in [0.4, 0.5) is 0 Å². The van der Waals surface area contributed by atoms with Gasteiger partial charge in [-0.15, -0.1) is 16.4 Å². The summed E-state index contributed by atoms with van der Waals surface area (Å²) in [4.78, 5) is 1.12. The number of benzene rings is 1. The first kappa shape index (κ1) is 13.9. The minimum atomic E-state index is 0.172. The lowest BCUT2D eigenvalue weighted by atomic mass is 10.3. The number of aromatic hydroxyl groups is 1. The Kier molecular flexibility index (Phi) is 4.08. The quantitative estimate of drug-likeness (QED) is 0.783. The summed E-state index contributed by atoms with van der Waals surface area (Å²) in [6, 6.07) is 8.56. The number of halogens is 1. The molecule has 0 aliphatic rings. The molecule has 5 nitrogen and oxygen atoms in total. The van der Waals surface area contributed by atoms with Gasteiger partial charge in [0.1, 0.15) is 23.8 Å². The van der Waals surface area contributed by atoms with Crippen LogP contribution in [0.25, 0.3) is 0 Å². The summed E-state index contributed by atoms with van der Waals surface area (Å²) >= 11 is 7.47. The van der Waals surface area contributed by atoms with Crippen molar-refractivity contribution in [1.82, 2.24) is 15.0 Å². The van der Waals surface area contributed by atoms with Gasteiger partial charge < -0.3 is 9.84 Å². The largest absolute Gasteiger partial charge is 0.508 e. The smallest absolute Gasteiger partial charge is 0.134 e. The summed E-state index contributed by atoms with van der Waals surface area (Å²) in [5.41, 5.74) is 0.723. The van der Waals surface area contributed by atoms with E-state index in [9.17, 15) is 5.11 Å². The first-order valence-electron chi connectivity index (χ1n) is 6.23. The molecule has 2 heterocycles. The zero-order chi connectivity index (χ0) is 14.7. The molecule has 0 aliphatic heterocycles. The number of thiophene rings is 1. The van der Waals surface area contributed by atoms with Crippen molar-refractivity contribution < 1.29 is 9.84 Å². The number of rotatable bonds is 5. The van der Waals surface area contributed by atoms with Crippen LogP contribution in [0.15, 0.2) is 41.9 Å². The Balaban J connectivity index is 1.60. The van der Waals surface area contributed by atoms with Gasteiger partial charge in [0.2, 0.25) is 0 Å². The normalized spacial score (nSPS) is 10.7. The van der Waals surface area contributed by atoms with Gasteiger partial charge in [0.15, 0.2) is 0 Å². The number of ether oxygens (including phenoxy) is 1. The third kappa shape index (κ3) is 3.74. The SMILES string of the molecule is Oc1cccc(OCc2cn(Cc3cc(Cl)cs3)nn2)c1. The van der Waals surface area contributed by atoms with E-state index in [1.165, 1.54) is 0 Å². The highest BCUT2D eigenvalue weighted by molar-refractivity contribution is 7.10. The molecule has 1 N–H and O–H groups in total. The van der Waals surface area contributed by atoms with Gasteiger partial charge in [0, 0.05) is 16.3 Å². The molecule has 0 atom stereocenters. The van der Waals surface area contributed by atoms with Crippen molar-refractivity contribution >= 4 is 22.9 Å². The van der Waals surface area contributed by atoms with E-state index in [-0.39, 0.29) is 5.75 Å². The molecule has 0 unspecified atom stereocenters. The molecule has 21 heavy (non-hydrogen) atoms. The molecule has 3 aromatic rings. The lowest BCUT2D eigenvalue weighted by Gasteiger charge is -2.03. The Morgan fingerprint density at radius 2 is 2.24 bits per heavy atom. The fourth-order valence-corrected chi connectivity index (χ4v) is 2.87. The van der Waals surface area contributed by atoms with Gasteiger partial charge >= 0.3 is 0 Å².